The van der Waals surface area contributed by atoms with E-state index in [-0.39, 0.29) is 12.5 Å². The molecule has 0 aliphatic carbocycles. The molecule has 0 saturated carbocycles. The molecule has 0 unspecified atom stereocenters. The van der Waals surface area contributed by atoms with E-state index in [1.54, 1.807) is 57.7 Å². The van der Waals surface area contributed by atoms with E-state index in [1.807, 2.05) is 13.0 Å². The summed E-state index contributed by atoms with van der Waals surface area (Å²) in [5.74, 6) is 2.49. The molecule has 3 rings (SSSR count). The Morgan fingerprint density at radius 1 is 1.07 bits per heavy atom. The lowest BCUT2D eigenvalue weighted by Gasteiger charge is -2.15. The van der Waals surface area contributed by atoms with E-state index in [2.05, 4.69) is 10.1 Å². The number of ether oxygens (including phenoxy) is 3. The van der Waals surface area contributed by atoms with Gasteiger partial charge in [-0.25, -0.2) is 0 Å². The highest BCUT2D eigenvalue weighted by Crippen LogP contribution is 2.31. The van der Waals surface area contributed by atoms with Crippen LogP contribution in [0.15, 0.2) is 47.0 Å². The van der Waals surface area contributed by atoms with Gasteiger partial charge in [-0.1, -0.05) is 5.16 Å². The molecule has 0 N–H and O–H groups in total. The molecule has 0 atom stereocenters. The minimum Gasteiger partial charge on any atom is -0.494 e. The molecule has 1 heterocycles. The van der Waals surface area contributed by atoms with Crippen LogP contribution in [0.4, 0.5) is 0 Å². The number of hydrogen-bond acceptors (Lipinski definition) is 7. The smallest absolute Gasteiger partial charge is 0.254 e. The van der Waals surface area contributed by atoms with E-state index in [0.717, 1.165) is 11.3 Å². The summed E-state index contributed by atoms with van der Waals surface area (Å²) in [7, 11) is 4.81. The molecule has 0 radical (unpaired) electrons. The van der Waals surface area contributed by atoms with Crippen LogP contribution in [0.3, 0.4) is 0 Å². The lowest BCUT2D eigenvalue weighted by atomic mass is 10.2. The van der Waals surface area contributed by atoms with Gasteiger partial charge in [0.05, 0.1) is 27.4 Å². The van der Waals surface area contributed by atoms with E-state index in [9.17, 15) is 4.79 Å². The van der Waals surface area contributed by atoms with Gasteiger partial charge in [-0.2, -0.15) is 4.98 Å². The third-order valence-corrected chi connectivity index (χ3v) is 4.24. The summed E-state index contributed by atoms with van der Waals surface area (Å²) in [5, 5.41) is 4.00. The zero-order valence-electron chi connectivity index (χ0n) is 16.8. The van der Waals surface area contributed by atoms with E-state index in [1.165, 1.54) is 4.90 Å². The monoisotopic (exact) mass is 397 g/mol. The van der Waals surface area contributed by atoms with Gasteiger partial charge in [0.25, 0.3) is 5.91 Å². The van der Waals surface area contributed by atoms with Gasteiger partial charge < -0.3 is 23.6 Å². The molecular formula is C21H23N3O5. The van der Waals surface area contributed by atoms with Gasteiger partial charge in [0.15, 0.2) is 11.5 Å². The number of rotatable bonds is 8. The largest absolute Gasteiger partial charge is 0.494 e. The first-order valence-corrected chi connectivity index (χ1v) is 9.09. The van der Waals surface area contributed by atoms with Crippen molar-refractivity contribution in [2.45, 2.75) is 13.5 Å². The number of carbonyl (C=O) groups is 1. The number of nitrogens with zero attached hydrogens (tertiary/aromatic N) is 3. The Morgan fingerprint density at radius 3 is 2.45 bits per heavy atom. The van der Waals surface area contributed by atoms with Gasteiger partial charge in [0.2, 0.25) is 11.7 Å². The van der Waals surface area contributed by atoms with Gasteiger partial charge in [0.1, 0.15) is 5.75 Å². The van der Waals surface area contributed by atoms with Crippen molar-refractivity contribution < 1.29 is 23.5 Å². The average molecular weight is 397 g/mol. The molecule has 8 heteroatoms. The molecule has 1 aromatic heterocycles. The highest BCUT2D eigenvalue weighted by atomic mass is 16.5. The summed E-state index contributed by atoms with van der Waals surface area (Å²) in [5.41, 5.74) is 1.27. The second-order valence-electron chi connectivity index (χ2n) is 6.20. The van der Waals surface area contributed by atoms with Gasteiger partial charge in [-0.15, -0.1) is 0 Å². The highest BCUT2D eigenvalue weighted by molar-refractivity contribution is 5.94. The van der Waals surface area contributed by atoms with Crippen LogP contribution in [0.25, 0.3) is 11.4 Å². The van der Waals surface area contributed by atoms with Crippen LogP contribution in [-0.4, -0.2) is 48.8 Å². The van der Waals surface area contributed by atoms with Crippen LogP contribution in [0.2, 0.25) is 0 Å². The van der Waals surface area contributed by atoms with Crippen molar-refractivity contribution in [3.05, 3.63) is 53.9 Å². The van der Waals surface area contributed by atoms with Crippen LogP contribution in [-0.2, 0) is 6.54 Å². The molecule has 1 amide bonds. The predicted octanol–water partition coefficient (Wildman–Crippen LogP) is 3.42. The quantitative estimate of drug-likeness (QED) is 0.575. The van der Waals surface area contributed by atoms with Crippen molar-refractivity contribution in [1.82, 2.24) is 15.0 Å². The Kier molecular flexibility index (Phi) is 6.33. The van der Waals surface area contributed by atoms with Gasteiger partial charge in [-0.3, -0.25) is 4.79 Å². The van der Waals surface area contributed by atoms with Gasteiger partial charge in [-0.05, 0) is 49.4 Å². The molecule has 0 bridgehead atoms. The van der Waals surface area contributed by atoms with E-state index in [0.29, 0.717) is 35.4 Å². The van der Waals surface area contributed by atoms with Crippen LogP contribution in [0, 0.1) is 0 Å². The second-order valence-corrected chi connectivity index (χ2v) is 6.20. The first-order chi connectivity index (χ1) is 14.0. The SMILES string of the molecule is CCOc1ccc(C(=O)N(C)Cc2nc(-c3ccc(OC)c(OC)c3)no2)cc1. The zero-order valence-corrected chi connectivity index (χ0v) is 16.8. The summed E-state index contributed by atoms with van der Waals surface area (Å²) in [4.78, 5) is 18.5. The first-order valence-electron chi connectivity index (χ1n) is 9.09. The van der Waals surface area contributed by atoms with Crippen molar-refractivity contribution in [2.24, 2.45) is 0 Å². The van der Waals surface area contributed by atoms with Crippen LogP contribution in [0.5, 0.6) is 17.2 Å². The summed E-state index contributed by atoms with van der Waals surface area (Å²) in [6.07, 6.45) is 0. The third-order valence-electron chi connectivity index (χ3n) is 4.24. The van der Waals surface area contributed by atoms with Crippen molar-refractivity contribution in [3.63, 3.8) is 0 Å². The lowest BCUT2D eigenvalue weighted by molar-refractivity contribution is 0.0769. The number of aromatic nitrogens is 2. The number of carbonyl (C=O) groups excluding carboxylic acids is 1. The molecule has 8 nitrogen and oxygen atoms in total. The Labute approximate surface area is 169 Å². The number of hydrogen-bond donors (Lipinski definition) is 0. The first kappa shape index (κ1) is 20.2. The van der Waals surface area contributed by atoms with E-state index in [4.69, 9.17) is 18.7 Å². The van der Waals surface area contributed by atoms with Crippen LogP contribution >= 0.6 is 0 Å². The molecule has 0 aliphatic heterocycles. The summed E-state index contributed by atoms with van der Waals surface area (Å²) < 4.78 is 21.2. The number of amides is 1. The molecule has 2 aromatic carbocycles. The Balaban J connectivity index is 1.70. The van der Waals surface area contributed by atoms with Crippen LogP contribution in [0.1, 0.15) is 23.2 Å². The van der Waals surface area contributed by atoms with E-state index < -0.39 is 0 Å². The fourth-order valence-corrected chi connectivity index (χ4v) is 2.77. The molecular weight excluding hydrogens is 374 g/mol. The maximum Gasteiger partial charge on any atom is 0.254 e. The Hall–Kier alpha value is -3.55. The molecule has 0 saturated heterocycles. The van der Waals surface area contributed by atoms with Crippen molar-refractivity contribution in [2.75, 3.05) is 27.9 Å². The minimum absolute atomic E-state index is 0.154. The predicted molar refractivity (Wildman–Crippen MR) is 106 cm³/mol. The van der Waals surface area contributed by atoms with Gasteiger partial charge in [0, 0.05) is 18.2 Å². The topological polar surface area (TPSA) is 86.9 Å². The Bertz CT molecular complexity index is 969. The molecule has 0 spiro atoms. The maximum absolute atomic E-state index is 12.6. The summed E-state index contributed by atoms with van der Waals surface area (Å²) in [6.45, 7) is 2.67. The fraction of sp³-hybridized carbons (Fsp3) is 0.286. The minimum atomic E-state index is -0.154. The normalized spacial score (nSPS) is 10.5. The third kappa shape index (κ3) is 4.66. The lowest BCUT2D eigenvalue weighted by Crippen LogP contribution is -2.26. The number of benzene rings is 2. The molecule has 0 fully saturated rings. The van der Waals surface area contributed by atoms with Crippen molar-refractivity contribution in [3.8, 4) is 28.6 Å². The average Bonchev–Trinajstić information content (AvgIpc) is 3.21. The van der Waals surface area contributed by atoms with Crippen molar-refractivity contribution in [1.29, 1.82) is 0 Å². The summed E-state index contributed by atoms with van der Waals surface area (Å²) in [6, 6.07) is 12.3. The molecule has 0 aliphatic rings. The van der Waals surface area contributed by atoms with Crippen molar-refractivity contribution >= 4 is 5.91 Å². The molecule has 3 aromatic rings. The highest BCUT2D eigenvalue weighted by Gasteiger charge is 2.17. The van der Waals surface area contributed by atoms with Gasteiger partial charge >= 0.3 is 0 Å². The molecule has 152 valence electrons. The van der Waals surface area contributed by atoms with Crippen LogP contribution < -0.4 is 14.2 Å². The Morgan fingerprint density at radius 2 is 1.79 bits per heavy atom. The zero-order chi connectivity index (χ0) is 20.8. The maximum atomic E-state index is 12.6. The fourth-order valence-electron chi connectivity index (χ4n) is 2.77. The summed E-state index contributed by atoms with van der Waals surface area (Å²) >= 11 is 0. The second kappa shape index (κ2) is 9.09. The number of methoxy groups -OCH3 is 2. The van der Waals surface area contributed by atoms with E-state index >= 15 is 0 Å². The standard InChI is InChI=1S/C21H23N3O5/c1-5-28-16-9-6-14(7-10-16)21(25)24(2)13-19-22-20(23-29-19)15-8-11-17(26-3)18(12-15)27-4/h6-12H,5,13H2,1-4H3. The molecule has 29 heavy (non-hydrogen) atoms.